The number of sulfonamides is 1. The van der Waals surface area contributed by atoms with Crippen LogP contribution in [0.3, 0.4) is 0 Å². The summed E-state index contributed by atoms with van der Waals surface area (Å²) in [7, 11) is -3.61. The van der Waals surface area contributed by atoms with E-state index in [-0.39, 0.29) is 23.2 Å². The number of amides is 1. The molecule has 0 aliphatic rings. The number of carbonyl (C=O) groups excluding carboxylic acids is 1. The maximum absolute atomic E-state index is 12.2. The first kappa shape index (κ1) is 21.3. The zero-order valence-electron chi connectivity index (χ0n) is 15.4. The summed E-state index contributed by atoms with van der Waals surface area (Å²) < 4.78 is 32.2. The van der Waals surface area contributed by atoms with Gasteiger partial charge in [0.25, 0.3) is 11.6 Å². The predicted molar refractivity (Wildman–Crippen MR) is 104 cm³/mol. The molecule has 150 valence electrons. The third kappa shape index (κ3) is 6.03. The monoisotopic (exact) mass is 407 g/mol. The van der Waals surface area contributed by atoms with Crippen molar-refractivity contribution < 1.29 is 22.9 Å². The lowest BCUT2D eigenvalue weighted by Gasteiger charge is -2.12. The molecule has 0 heterocycles. The van der Waals surface area contributed by atoms with E-state index < -0.39 is 20.9 Å². The zero-order chi connectivity index (χ0) is 20.7. The fourth-order valence-electron chi connectivity index (χ4n) is 2.14. The second-order valence-corrected chi connectivity index (χ2v) is 7.76. The molecule has 2 N–H and O–H groups in total. The highest BCUT2D eigenvalue weighted by Gasteiger charge is 2.16. The number of nitro benzene ring substituents is 1. The van der Waals surface area contributed by atoms with Gasteiger partial charge in [-0.05, 0) is 49.7 Å². The van der Waals surface area contributed by atoms with Crippen LogP contribution in [0.4, 0.5) is 11.4 Å². The van der Waals surface area contributed by atoms with Gasteiger partial charge in [0.2, 0.25) is 10.0 Å². The number of hydrogen-bond acceptors (Lipinski definition) is 6. The van der Waals surface area contributed by atoms with Crippen molar-refractivity contribution in [1.29, 1.82) is 0 Å². The van der Waals surface area contributed by atoms with E-state index in [1.165, 1.54) is 48.5 Å². The Morgan fingerprint density at radius 1 is 1.14 bits per heavy atom. The van der Waals surface area contributed by atoms with Crippen LogP contribution in [0.5, 0.6) is 5.75 Å². The van der Waals surface area contributed by atoms with Crippen LogP contribution in [0.25, 0.3) is 0 Å². The zero-order valence-corrected chi connectivity index (χ0v) is 16.2. The van der Waals surface area contributed by atoms with Crippen molar-refractivity contribution in [3.8, 4) is 5.75 Å². The summed E-state index contributed by atoms with van der Waals surface area (Å²) in [6.45, 7) is 3.36. The first-order valence-corrected chi connectivity index (χ1v) is 9.99. The molecule has 0 saturated heterocycles. The van der Waals surface area contributed by atoms with Crippen LogP contribution in [0, 0.1) is 10.1 Å². The van der Waals surface area contributed by atoms with E-state index in [1.807, 2.05) is 6.92 Å². The van der Waals surface area contributed by atoms with Gasteiger partial charge in [0.1, 0.15) is 5.75 Å². The Kier molecular flexibility index (Phi) is 7.07. The molecule has 9 nitrogen and oxygen atoms in total. The molecular weight excluding hydrogens is 386 g/mol. The molecular formula is C18H21N3O6S. The van der Waals surface area contributed by atoms with Gasteiger partial charge in [0.15, 0.2) is 6.61 Å². The largest absolute Gasteiger partial charge is 0.484 e. The van der Waals surface area contributed by atoms with Gasteiger partial charge in [-0.15, -0.1) is 0 Å². The number of ether oxygens (including phenoxy) is 1. The quantitative estimate of drug-likeness (QED) is 0.486. The number of carbonyl (C=O) groups is 1. The third-order valence-electron chi connectivity index (χ3n) is 3.83. The van der Waals surface area contributed by atoms with Crippen molar-refractivity contribution in [1.82, 2.24) is 4.72 Å². The lowest BCUT2D eigenvalue weighted by Crippen LogP contribution is -2.31. The number of nitrogens with zero attached hydrogens (tertiary/aromatic N) is 1. The van der Waals surface area contributed by atoms with Gasteiger partial charge >= 0.3 is 0 Å². The maximum Gasteiger partial charge on any atom is 0.269 e. The van der Waals surface area contributed by atoms with Gasteiger partial charge in [-0.3, -0.25) is 14.9 Å². The predicted octanol–water partition coefficient (Wildman–Crippen LogP) is 2.69. The van der Waals surface area contributed by atoms with Crippen LogP contribution in [0.1, 0.15) is 20.3 Å². The van der Waals surface area contributed by atoms with Gasteiger partial charge < -0.3 is 10.1 Å². The summed E-state index contributed by atoms with van der Waals surface area (Å²) in [5, 5.41) is 13.2. The first-order valence-electron chi connectivity index (χ1n) is 8.50. The summed E-state index contributed by atoms with van der Waals surface area (Å²) in [6.07, 6.45) is 0.669. The van der Waals surface area contributed by atoms with Crippen LogP contribution < -0.4 is 14.8 Å². The molecule has 1 amide bonds. The van der Waals surface area contributed by atoms with Gasteiger partial charge in [-0.1, -0.05) is 6.92 Å². The molecule has 2 rings (SSSR count). The Morgan fingerprint density at radius 3 is 2.29 bits per heavy atom. The van der Waals surface area contributed by atoms with Crippen molar-refractivity contribution in [2.75, 3.05) is 11.9 Å². The number of nitro groups is 1. The Morgan fingerprint density at radius 2 is 1.75 bits per heavy atom. The average molecular weight is 407 g/mol. The fraction of sp³-hybridized carbons (Fsp3) is 0.278. The third-order valence-corrected chi connectivity index (χ3v) is 5.44. The van der Waals surface area contributed by atoms with Crippen LogP contribution >= 0.6 is 0 Å². The molecule has 1 atom stereocenters. The van der Waals surface area contributed by atoms with Crippen molar-refractivity contribution in [2.45, 2.75) is 31.2 Å². The molecule has 2 aromatic rings. The lowest BCUT2D eigenvalue weighted by atomic mass is 10.3. The second-order valence-electron chi connectivity index (χ2n) is 6.04. The van der Waals surface area contributed by atoms with Crippen molar-refractivity contribution >= 4 is 27.3 Å². The van der Waals surface area contributed by atoms with Crippen molar-refractivity contribution in [3.63, 3.8) is 0 Å². The highest BCUT2D eigenvalue weighted by Crippen LogP contribution is 2.18. The molecule has 2 aromatic carbocycles. The average Bonchev–Trinajstić information content (AvgIpc) is 2.66. The standard InChI is InChI=1S/C18H21N3O6S/c1-3-13(2)20-28(25,26)17-10-4-14(5-11-17)19-18(22)12-27-16-8-6-15(7-9-16)21(23)24/h4-11,13,20H,3,12H2,1-2H3,(H,19,22). The summed E-state index contributed by atoms with van der Waals surface area (Å²) >= 11 is 0. The number of benzene rings is 2. The number of anilines is 1. The number of nitrogens with one attached hydrogen (secondary N) is 2. The van der Waals surface area contributed by atoms with E-state index in [4.69, 9.17) is 4.74 Å². The summed E-state index contributed by atoms with van der Waals surface area (Å²) in [6, 6.07) is 10.9. The normalized spacial score (nSPS) is 12.2. The van der Waals surface area contributed by atoms with Gasteiger partial charge in [0, 0.05) is 23.9 Å². The second kappa shape index (κ2) is 9.29. The molecule has 1 unspecified atom stereocenters. The highest BCUT2D eigenvalue weighted by atomic mass is 32.2. The van der Waals surface area contributed by atoms with Gasteiger partial charge in [-0.2, -0.15) is 0 Å². The van der Waals surface area contributed by atoms with E-state index in [9.17, 15) is 23.3 Å². The SMILES string of the molecule is CCC(C)NS(=O)(=O)c1ccc(NC(=O)COc2ccc([N+](=O)[O-])cc2)cc1. The summed E-state index contributed by atoms with van der Waals surface area (Å²) in [5.41, 5.74) is 0.342. The van der Waals surface area contributed by atoms with Crippen molar-refractivity contribution in [3.05, 3.63) is 58.6 Å². The molecule has 28 heavy (non-hydrogen) atoms. The molecule has 0 bridgehead atoms. The van der Waals surface area contributed by atoms with E-state index in [0.717, 1.165) is 0 Å². The molecule has 0 spiro atoms. The van der Waals surface area contributed by atoms with E-state index in [2.05, 4.69) is 10.0 Å². The first-order chi connectivity index (χ1) is 13.2. The van der Waals surface area contributed by atoms with E-state index in [1.54, 1.807) is 6.92 Å². The maximum atomic E-state index is 12.2. The molecule has 0 fully saturated rings. The van der Waals surface area contributed by atoms with Crippen LogP contribution in [0.2, 0.25) is 0 Å². The smallest absolute Gasteiger partial charge is 0.269 e. The van der Waals surface area contributed by atoms with E-state index in [0.29, 0.717) is 17.9 Å². The van der Waals surface area contributed by atoms with Crippen LogP contribution in [0.15, 0.2) is 53.4 Å². The number of rotatable bonds is 9. The van der Waals surface area contributed by atoms with Crippen LogP contribution in [-0.4, -0.2) is 31.9 Å². The number of hydrogen-bond donors (Lipinski definition) is 2. The number of non-ortho nitro benzene ring substituents is 1. The molecule has 0 saturated carbocycles. The van der Waals surface area contributed by atoms with Gasteiger partial charge in [0.05, 0.1) is 9.82 Å². The Labute approximate surface area is 162 Å². The topological polar surface area (TPSA) is 128 Å². The molecule has 0 aromatic heterocycles. The minimum atomic E-state index is -3.61. The lowest BCUT2D eigenvalue weighted by molar-refractivity contribution is -0.384. The Hall–Kier alpha value is -2.98. The Balaban J connectivity index is 1.91. The minimum Gasteiger partial charge on any atom is -0.484 e. The fourth-order valence-corrected chi connectivity index (χ4v) is 3.47. The summed E-state index contributed by atoms with van der Waals surface area (Å²) in [5.74, 6) is -0.134. The van der Waals surface area contributed by atoms with Crippen LogP contribution in [-0.2, 0) is 14.8 Å². The highest BCUT2D eigenvalue weighted by molar-refractivity contribution is 7.89. The summed E-state index contributed by atoms with van der Waals surface area (Å²) in [4.78, 5) is 22.1. The molecule has 0 radical (unpaired) electrons. The van der Waals surface area contributed by atoms with Crippen molar-refractivity contribution in [2.24, 2.45) is 0 Å². The van der Waals surface area contributed by atoms with Gasteiger partial charge in [-0.25, -0.2) is 13.1 Å². The molecule has 0 aliphatic carbocycles. The van der Waals surface area contributed by atoms with E-state index >= 15 is 0 Å². The molecule has 10 heteroatoms. The Bertz CT molecular complexity index is 927. The molecule has 0 aliphatic heterocycles. The minimum absolute atomic E-state index is 0.0744.